The Bertz CT molecular complexity index is 1300. The first-order valence-electron chi connectivity index (χ1n) is 13.1. The molecule has 0 amide bonds. The molecule has 0 saturated heterocycles. The molecule has 0 radical (unpaired) electrons. The normalized spacial score (nSPS) is 10.8. The fraction of sp³-hybridized carbons (Fsp3) is 0.294. The third-order valence-corrected chi connectivity index (χ3v) is 6.67. The molecule has 4 rings (SSSR count). The maximum absolute atomic E-state index is 15.1. The van der Waals surface area contributed by atoms with Gasteiger partial charge >= 0.3 is 0 Å². The molecular weight excluding hydrogens is 427 g/mol. The fourth-order valence-electron chi connectivity index (χ4n) is 4.50. The van der Waals surface area contributed by atoms with E-state index < -0.39 is 0 Å². The summed E-state index contributed by atoms with van der Waals surface area (Å²) in [5, 5.41) is 1.59. The highest BCUT2D eigenvalue weighted by molar-refractivity contribution is 5.85. The Labute approximate surface area is 210 Å². The van der Waals surface area contributed by atoms with Gasteiger partial charge < -0.3 is 0 Å². The summed E-state index contributed by atoms with van der Waals surface area (Å²) in [7, 11) is 0. The number of hydrogen-bond donors (Lipinski definition) is 0. The molecule has 0 aromatic heterocycles. The molecule has 0 nitrogen and oxygen atoms in total. The minimum absolute atomic E-state index is 0.231. The summed E-state index contributed by atoms with van der Waals surface area (Å²) in [5.74, 6) is 5.95. The van der Waals surface area contributed by atoms with Gasteiger partial charge in [-0.25, -0.2) is 4.39 Å². The first kappa shape index (κ1) is 24.7. The third kappa shape index (κ3) is 6.61. The van der Waals surface area contributed by atoms with Gasteiger partial charge in [0.15, 0.2) is 0 Å². The van der Waals surface area contributed by atoms with E-state index in [0.717, 1.165) is 23.8 Å². The lowest BCUT2D eigenvalue weighted by Gasteiger charge is -2.06. The van der Waals surface area contributed by atoms with Gasteiger partial charge in [-0.2, -0.15) is 0 Å². The summed E-state index contributed by atoms with van der Waals surface area (Å²) in [5.41, 5.74) is 6.38. The highest BCUT2D eigenvalue weighted by Gasteiger charge is 2.07. The number of hydrogen-bond acceptors (Lipinski definition) is 0. The van der Waals surface area contributed by atoms with E-state index >= 15 is 4.39 Å². The van der Waals surface area contributed by atoms with E-state index in [-0.39, 0.29) is 5.82 Å². The van der Waals surface area contributed by atoms with Gasteiger partial charge in [0.05, 0.1) is 5.56 Å². The molecule has 0 N–H and O–H groups in total. The van der Waals surface area contributed by atoms with Crippen LogP contribution in [0, 0.1) is 17.7 Å². The van der Waals surface area contributed by atoms with E-state index in [1.165, 1.54) is 60.8 Å². The Kier molecular flexibility index (Phi) is 8.74. The average Bonchev–Trinajstić information content (AvgIpc) is 2.89. The molecule has 0 fully saturated rings. The van der Waals surface area contributed by atoms with Crippen LogP contribution < -0.4 is 0 Å². The predicted octanol–water partition coefficient (Wildman–Crippen LogP) is 9.51. The minimum atomic E-state index is -0.231. The van der Waals surface area contributed by atoms with Crippen LogP contribution in [0.2, 0.25) is 0 Å². The Morgan fingerprint density at radius 3 is 1.86 bits per heavy atom. The summed E-state index contributed by atoms with van der Waals surface area (Å²) in [6, 6.07) is 26.9. The van der Waals surface area contributed by atoms with Crippen molar-refractivity contribution in [1.82, 2.24) is 0 Å². The molecule has 35 heavy (non-hydrogen) atoms. The standard InChI is InChI=1S/C34H35F/c1-3-5-7-9-26-11-17-29(18-12-26)30-19-13-27(14-20-30)15-21-31-22-23-32-25-28(10-8-6-4-2)16-24-33(32)34(31)35/h11-14,16-20,22-25H,3-10H2,1-2H3. The molecule has 0 atom stereocenters. The average molecular weight is 463 g/mol. The molecule has 178 valence electrons. The van der Waals surface area contributed by atoms with Crippen LogP contribution in [-0.4, -0.2) is 0 Å². The van der Waals surface area contributed by atoms with Gasteiger partial charge in [0.2, 0.25) is 0 Å². The number of benzene rings is 4. The van der Waals surface area contributed by atoms with E-state index in [2.05, 4.69) is 74.2 Å². The van der Waals surface area contributed by atoms with Gasteiger partial charge in [-0.15, -0.1) is 0 Å². The molecule has 1 heteroatoms. The largest absolute Gasteiger partial charge is 0.205 e. The van der Waals surface area contributed by atoms with Crippen LogP contribution in [0.25, 0.3) is 21.9 Å². The van der Waals surface area contributed by atoms with Crippen molar-refractivity contribution in [3.63, 3.8) is 0 Å². The highest BCUT2D eigenvalue weighted by Crippen LogP contribution is 2.24. The van der Waals surface area contributed by atoms with Crippen molar-refractivity contribution < 1.29 is 4.39 Å². The molecule has 0 aliphatic heterocycles. The second-order valence-corrected chi connectivity index (χ2v) is 9.42. The lowest BCUT2D eigenvalue weighted by atomic mass is 10.00. The molecule has 0 spiro atoms. The monoisotopic (exact) mass is 462 g/mol. The van der Waals surface area contributed by atoms with E-state index in [9.17, 15) is 0 Å². The van der Waals surface area contributed by atoms with E-state index in [4.69, 9.17) is 0 Å². The molecular formula is C34H35F. The molecule has 0 aliphatic rings. The molecule has 0 unspecified atom stereocenters. The first-order chi connectivity index (χ1) is 17.2. The van der Waals surface area contributed by atoms with Gasteiger partial charge in [0.25, 0.3) is 0 Å². The second kappa shape index (κ2) is 12.4. The molecule has 4 aromatic carbocycles. The molecule has 0 heterocycles. The Morgan fingerprint density at radius 2 is 1.20 bits per heavy atom. The van der Waals surface area contributed by atoms with Crippen LogP contribution in [0.5, 0.6) is 0 Å². The fourth-order valence-corrected chi connectivity index (χ4v) is 4.50. The van der Waals surface area contributed by atoms with Gasteiger partial charge in [-0.3, -0.25) is 0 Å². The summed E-state index contributed by atoms with van der Waals surface area (Å²) in [4.78, 5) is 0. The Hall–Kier alpha value is -3.37. The van der Waals surface area contributed by atoms with Crippen molar-refractivity contribution in [3.8, 4) is 23.0 Å². The van der Waals surface area contributed by atoms with Crippen molar-refractivity contribution in [3.05, 3.63) is 107 Å². The van der Waals surface area contributed by atoms with Crippen LogP contribution >= 0.6 is 0 Å². The number of unbranched alkanes of at least 4 members (excludes halogenated alkanes) is 4. The van der Waals surface area contributed by atoms with Gasteiger partial charge in [0.1, 0.15) is 5.82 Å². The zero-order chi connectivity index (χ0) is 24.5. The van der Waals surface area contributed by atoms with Gasteiger partial charge in [-0.05, 0) is 71.5 Å². The summed E-state index contributed by atoms with van der Waals surface area (Å²) >= 11 is 0. The predicted molar refractivity (Wildman–Crippen MR) is 148 cm³/mol. The molecule has 0 bridgehead atoms. The van der Waals surface area contributed by atoms with Crippen LogP contribution in [-0.2, 0) is 12.8 Å². The maximum Gasteiger partial charge on any atom is 0.146 e. The van der Waals surface area contributed by atoms with Crippen LogP contribution in [0.1, 0.15) is 74.6 Å². The van der Waals surface area contributed by atoms with Crippen molar-refractivity contribution in [2.75, 3.05) is 0 Å². The van der Waals surface area contributed by atoms with Crippen LogP contribution in [0.15, 0.2) is 78.9 Å². The molecule has 0 aliphatic carbocycles. The number of halogens is 1. The zero-order valence-electron chi connectivity index (χ0n) is 21.0. The van der Waals surface area contributed by atoms with Crippen molar-refractivity contribution in [1.29, 1.82) is 0 Å². The van der Waals surface area contributed by atoms with Gasteiger partial charge in [-0.1, -0.05) is 112 Å². The zero-order valence-corrected chi connectivity index (χ0v) is 21.0. The Morgan fingerprint density at radius 1 is 0.600 bits per heavy atom. The summed E-state index contributed by atoms with van der Waals surface area (Å²) in [6.07, 6.45) is 9.60. The SMILES string of the molecule is CCCCCc1ccc(-c2ccc(C#Cc3ccc4cc(CCCCC)ccc4c3F)cc2)cc1. The lowest BCUT2D eigenvalue weighted by Crippen LogP contribution is -1.90. The minimum Gasteiger partial charge on any atom is -0.205 e. The number of fused-ring (bicyclic) bond motifs is 1. The quantitative estimate of drug-likeness (QED) is 0.172. The van der Waals surface area contributed by atoms with Crippen molar-refractivity contribution in [2.45, 2.75) is 65.2 Å². The van der Waals surface area contributed by atoms with Crippen LogP contribution in [0.3, 0.4) is 0 Å². The Balaban J connectivity index is 1.45. The van der Waals surface area contributed by atoms with Crippen molar-refractivity contribution >= 4 is 10.8 Å². The van der Waals surface area contributed by atoms with Crippen LogP contribution in [0.4, 0.5) is 4.39 Å². The smallest absolute Gasteiger partial charge is 0.146 e. The third-order valence-electron chi connectivity index (χ3n) is 6.67. The van der Waals surface area contributed by atoms with E-state index in [0.29, 0.717) is 10.9 Å². The summed E-state index contributed by atoms with van der Waals surface area (Å²) in [6.45, 7) is 4.44. The maximum atomic E-state index is 15.1. The van der Waals surface area contributed by atoms with E-state index in [1.807, 2.05) is 24.3 Å². The number of rotatable bonds is 9. The number of aryl methyl sites for hydroxylation is 2. The summed E-state index contributed by atoms with van der Waals surface area (Å²) < 4.78 is 15.1. The second-order valence-electron chi connectivity index (χ2n) is 9.42. The first-order valence-corrected chi connectivity index (χ1v) is 13.1. The van der Waals surface area contributed by atoms with E-state index in [1.54, 1.807) is 6.07 Å². The molecule has 0 saturated carbocycles. The topological polar surface area (TPSA) is 0 Å². The lowest BCUT2D eigenvalue weighted by molar-refractivity contribution is 0.636. The molecule has 4 aromatic rings. The van der Waals surface area contributed by atoms with Gasteiger partial charge in [0, 0.05) is 10.9 Å². The van der Waals surface area contributed by atoms with Crippen molar-refractivity contribution in [2.24, 2.45) is 0 Å². The highest BCUT2D eigenvalue weighted by atomic mass is 19.1.